The number of carbonyl (C=O) groups excluding carboxylic acids is 1. The minimum Gasteiger partial charge on any atom is -0.478 e. The maximum absolute atomic E-state index is 11.7. The fourth-order valence-corrected chi connectivity index (χ4v) is 1.42. The zero-order valence-electron chi connectivity index (χ0n) is 11.0. The molecule has 0 bridgehead atoms. The molecule has 0 aliphatic carbocycles. The average molecular weight is 266 g/mol. The van der Waals surface area contributed by atoms with Crippen molar-refractivity contribution in [1.82, 2.24) is 10.3 Å². The van der Waals surface area contributed by atoms with Crippen LogP contribution in [0.4, 0.5) is 0 Å². The summed E-state index contributed by atoms with van der Waals surface area (Å²) in [6.07, 6.45) is 2.48. The van der Waals surface area contributed by atoms with Gasteiger partial charge in [-0.15, -0.1) is 0 Å². The minimum absolute atomic E-state index is 0.0909. The first kappa shape index (κ1) is 14.9. The lowest BCUT2D eigenvalue weighted by atomic mass is 10.3. The number of hydrogen-bond donors (Lipinski definition) is 2. The molecule has 104 valence electrons. The van der Waals surface area contributed by atoms with Crippen molar-refractivity contribution in [2.75, 3.05) is 6.54 Å². The summed E-state index contributed by atoms with van der Waals surface area (Å²) < 4.78 is 5.34. The normalized spacial score (nSPS) is 11.7. The molecule has 0 fully saturated rings. The van der Waals surface area contributed by atoms with E-state index < -0.39 is 12.1 Å². The Bertz CT molecular complexity index is 448. The van der Waals surface area contributed by atoms with Crippen LogP contribution in [0.5, 0.6) is 5.75 Å². The smallest absolute Gasteiger partial charge is 0.358 e. The molecule has 6 heteroatoms. The lowest BCUT2D eigenvalue weighted by Gasteiger charge is -2.15. The summed E-state index contributed by atoms with van der Waals surface area (Å²) in [5.41, 5.74) is -0.198. The van der Waals surface area contributed by atoms with Gasteiger partial charge >= 0.3 is 5.97 Å². The standard InChI is InChI=1S/C13H18N2O4/c1-3-4-7-15-12(16)9(2)19-10-6-5-8-14-11(10)13(17)18/h5-6,8-9H,3-4,7H2,1-2H3,(H,15,16)(H,17,18). The maximum Gasteiger partial charge on any atom is 0.358 e. The number of ether oxygens (including phenoxy) is 1. The molecular weight excluding hydrogens is 248 g/mol. The number of pyridine rings is 1. The fraction of sp³-hybridized carbons (Fsp3) is 0.462. The molecule has 1 heterocycles. The fourth-order valence-electron chi connectivity index (χ4n) is 1.42. The highest BCUT2D eigenvalue weighted by Crippen LogP contribution is 2.16. The Morgan fingerprint density at radius 3 is 2.89 bits per heavy atom. The van der Waals surface area contributed by atoms with Crippen LogP contribution in [-0.4, -0.2) is 34.6 Å². The number of nitrogens with zero attached hydrogens (tertiary/aromatic N) is 1. The molecule has 0 aromatic carbocycles. The number of amides is 1. The minimum atomic E-state index is -1.19. The van der Waals surface area contributed by atoms with Gasteiger partial charge in [0.2, 0.25) is 0 Å². The average Bonchev–Trinajstić information content (AvgIpc) is 2.39. The van der Waals surface area contributed by atoms with Crippen LogP contribution >= 0.6 is 0 Å². The predicted octanol–water partition coefficient (Wildman–Crippen LogP) is 1.46. The molecule has 0 aliphatic rings. The number of rotatable bonds is 7. The summed E-state index contributed by atoms with van der Waals surface area (Å²) in [4.78, 5) is 26.4. The summed E-state index contributed by atoms with van der Waals surface area (Å²) in [5.74, 6) is -1.36. The van der Waals surface area contributed by atoms with Crippen LogP contribution in [-0.2, 0) is 4.79 Å². The molecule has 2 N–H and O–H groups in total. The molecule has 6 nitrogen and oxygen atoms in total. The third-order valence-electron chi connectivity index (χ3n) is 2.48. The lowest BCUT2D eigenvalue weighted by Crippen LogP contribution is -2.37. The molecule has 1 aromatic heterocycles. The number of hydrogen-bond acceptors (Lipinski definition) is 4. The van der Waals surface area contributed by atoms with Crippen molar-refractivity contribution in [3.63, 3.8) is 0 Å². The van der Waals surface area contributed by atoms with Gasteiger partial charge in [-0.1, -0.05) is 13.3 Å². The van der Waals surface area contributed by atoms with Gasteiger partial charge in [-0.05, 0) is 25.5 Å². The topological polar surface area (TPSA) is 88.5 Å². The lowest BCUT2D eigenvalue weighted by molar-refractivity contribution is -0.127. The Balaban J connectivity index is 2.63. The number of aromatic carboxylic acids is 1. The van der Waals surface area contributed by atoms with E-state index in [2.05, 4.69) is 10.3 Å². The van der Waals surface area contributed by atoms with Crippen molar-refractivity contribution in [3.05, 3.63) is 24.0 Å². The van der Waals surface area contributed by atoms with Crippen LogP contribution in [0.2, 0.25) is 0 Å². The van der Waals surface area contributed by atoms with Crippen molar-refractivity contribution in [2.45, 2.75) is 32.8 Å². The van der Waals surface area contributed by atoms with E-state index in [1.165, 1.54) is 12.3 Å². The van der Waals surface area contributed by atoms with E-state index in [1.807, 2.05) is 6.92 Å². The monoisotopic (exact) mass is 266 g/mol. The van der Waals surface area contributed by atoms with Crippen LogP contribution in [0, 0.1) is 0 Å². The van der Waals surface area contributed by atoms with E-state index in [-0.39, 0.29) is 17.4 Å². The third kappa shape index (κ3) is 4.57. The summed E-state index contributed by atoms with van der Waals surface area (Å²) in [6.45, 7) is 4.18. The van der Waals surface area contributed by atoms with Crippen molar-refractivity contribution in [3.8, 4) is 5.75 Å². The molecule has 1 unspecified atom stereocenters. The second kappa shape index (κ2) is 7.35. The summed E-state index contributed by atoms with van der Waals surface area (Å²) >= 11 is 0. The van der Waals surface area contributed by atoms with Crippen LogP contribution in [0.3, 0.4) is 0 Å². The number of carboxylic acid groups (broad SMARTS) is 1. The Kier molecular flexibility index (Phi) is 5.78. The van der Waals surface area contributed by atoms with Crippen LogP contribution in [0.25, 0.3) is 0 Å². The first-order valence-electron chi connectivity index (χ1n) is 6.19. The molecule has 1 amide bonds. The molecule has 0 aliphatic heterocycles. The number of nitrogens with one attached hydrogen (secondary N) is 1. The van der Waals surface area contributed by atoms with Gasteiger partial charge in [-0.25, -0.2) is 9.78 Å². The van der Waals surface area contributed by atoms with Gasteiger partial charge in [0, 0.05) is 12.7 Å². The first-order valence-corrected chi connectivity index (χ1v) is 6.19. The summed E-state index contributed by atoms with van der Waals surface area (Å²) in [5, 5.41) is 11.7. The van der Waals surface area contributed by atoms with E-state index in [1.54, 1.807) is 13.0 Å². The van der Waals surface area contributed by atoms with Crippen molar-refractivity contribution < 1.29 is 19.4 Å². The number of unbranched alkanes of at least 4 members (excludes halogenated alkanes) is 1. The van der Waals surface area contributed by atoms with Gasteiger partial charge in [-0.2, -0.15) is 0 Å². The van der Waals surface area contributed by atoms with Gasteiger partial charge in [0.25, 0.3) is 5.91 Å². The van der Waals surface area contributed by atoms with Crippen molar-refractivity contribution in [2.24, 2.45) is 0 Å². The quantitative estimate of drug-likeness (QED) is 0.729. The highest BCUT2D eigenvalue weighted by molar-refractivity contribution is 5.88. The SMILES string of the molecule is CCCCNC(=O)C(C)Oc1cccnc1C(=O)O. The molecule has 0 radical (unpaired) electrons. The zero-order valence-corrected chi connectivity index (χ0v) is 11.0. The highest BCUT2D eigenvalue weighted by Gasteiger charge is 2.18. The van der Waals surface area contributed by atoms with Gasteiger partial charge < -0.3 is 15.2 Å². The largest absolute Gasteiger partial charge is 0.478 e. The van der Waals surface area contributed by atoms with Gasteiger partial charge in [0.15, 0.2) is 17.5 Å². The first-order chi connectivity index (χ1) is 9.06. The molecule has 0 spiro atoms. The van der Waals surface area contributed by atoms with Crippen molar-refractivity contribution >= 4 is 11.9 Å². The molecule has 0 saturated heterocycles. The predicted molar refractivity (Wildman–Crippen MR) is 69.2 cm³/mol. The Morgan fingerprint density at radius 1 is 1.53 bits per heavy atom. The molecular formula is C13H18N2O4. The zero-order chi connectivity index (χ0) is 14.3. The molecule has 1 atom stereocenters. The molecule has 0 saturated carbocycles. The Hall–Kier alpha value is -2.11. The van der Waals surface area contributed by atoms with E-state index >= 15 is 0 Å². The molecule has 1 rings (SSSR count). The highest BCUT2D eigenvalue weighted by atomic mass is 16.5. The second-order valence-electron chi connectivity index (χ2n) is 4.06. The van der Waals surface area contributed by atoms with Crippen molar-refractivity contribution in [1.29, 1.82) is 0 Å². The second-order valence-corrected chi connectivity index (χ2v) is 4.06. The van der Waals surface area contributed by atoms with Gasteiger partial charge in [-0.3, -0.25) is 4.79 Å². The van der Waals surface area contributed by atoms with E-state index in [0.717, 1.165) is 12.8 Å². The van der Waals surface area contributed by atoms with E-state index in [0.29, 0.717) is 6.54 Å². The van der Waals surface area contributed by atoms with Gasteiger partial charge in [0.1, 0.15) is 0 Å². The number of aromatic nitrogens is 1. The summed E-state index contributed by atoms with van der Waals surface area (Å²) in [7, 11) is 0. The molecule has 1 aromatic rings. The number of carbonyl (C=O) groups is 2. The van der Waals surface area contributed by atoms with Crippen LogP contribution in [0.15, 0.2) is 18.3 Å². The maximum atomic E-state index is 11.7. The van der Waals surface area contributed by atoms with E-state index in [9.17, 15) is 9.59 Å². The Labute approximate surface area is 111 Å². The Morgan fingerprint density at radius 2 is 2.26 bits per heavy atom. The van der Waals surface area contributed by atoms with Gasteiger partial charge in [0.05, 0.1) is 0 Å². The number of carboxylic acids is 1. The summed E-state index contributed by atoms with van der Waals surface area (Å²) in [6, 6.07) is 3.04. The van der Waals surface area contributed by atoms with Crippen LogP contribution in [0.1, 0.15) is 37.2 Å². The molecule has 19 heavy (non-hydrogen) atoms. The van der Waals surface area contributed by atoms with E-state index in [4.69, 9.17) is 9.84 Å². The van der Waals surface area contributed by atoms with Crippen LogP contribution < -0.4 is 10.1 Å². The third-order valence-corrected chi connectivity index (χ3v) is 2.48.